The maximum atomic E-state index is 12.7. The number of benzene rings is 2. The van der Waals surface area contributed by atoms with Gasteiger partial charge in [0.25, 0.3) is 5.91 Å². The molecule has 1 aliphatic heterocycles. The van der Waals surface area contributed by atoms with Crippen LogP contribution in [0.4, 0.5) is 5.69 Å². The number of nitrogens with one attached hydrogen (secondary N) is 1. The van der Waals surface area contributed by atoms with Gasteiger partial charge in [0.1, 0.15) is 0 Å². The topological polar surface area (TPSA) is 54.5 Å². The highest BCUT2D eigenvalue weighted by molar-refractivity contribution is 5.95. The molecule has 138 valence electrons. The van der Waals surface area contributed by atoms with Gasteiger partial charge in [0.05, 0.1) is 18.7 Å². The van der Waals surface area contributed by atoms with Gasteiger partial charge in [-0.15, -0.1) is 0 Å². The van der Waals surface area contributed by atoms with E-state index < -0.39 is 0 Å². The number of morpholine rings is 1. The van der Waals surface area contributed by atoms with Gasteiger partial charge in [-0.3, -0.25) is 9.78 Å². The van der Waals surface area contributed by atoms with Crippen molar-refractivity contribution in [1.82, 2.24) is 9.88 Å². The van der Waals surface area contributed by atoms with E-state index in [4.69, 9.17) is 4.74 Å². The quantitative estimate of drug-likeness (QED) is 0.771. The highest BCUT2D eigenvalue weighted by Gasteiger charge is 2.19. The number of rotatable bonds is 4. The lowest BCUT2D eigenvalue weighted by Gasteiger charge is -2.27. The first-order chi connectivity index (χ1) is 13.2. The molecule has 0 saturated carbocycles. The number of aromatic nitrogens is 1. The van der Waals surface area contributed by atoms with Gasteiger partial charge in [0.2, 0.25) is 0 Å². The molecule has 1 fully saturated rings. The zero-order valence-corrected chi connectivity index (χ0v) is 15.4. The normalized spacial score (nSPS) is 14.3. The largest absolute Gasteiger partial charge is 0.381 e. The van der Waals surface area contributed by atoms with Crippen LogP contribution in [0.25, 0.3) is 10.9 Å². The van der Waals surface area contributed by atoms with Gasteiger partial charge in [-0.1, -0.05) is 24.3 Å². The molecular weight excluding hydrogens is 338 g/mol. The van der Waals surface area contributed by atoms with Crippen LogP contribution < -0.4 is 5.32 Å². The van der Waals surface area contributed by atoms with Crippen molar-refractivity contribution < 1.29 is 9.53 Å². The molecule has 1 aliphatic rings. The molecular formula is C22H23N3O2. The summed E-state index contributed by atoms with van der Waals surface area (Å²) < 4.78 is 5.33. The summed E-state index contributed by atoms with van der Waals surface area (Å²) in [5.41, 5.74) is 4.90. The highest BCUT2D eigenvalue weighted by Crippen LogP contribution is 2.20. The van der Waals surface area contributed by atoms with Crippen LogP contribution in [-0.2, 0) is 11.3 Å². The number of pyridine rings is 1. The molecule has 0 atom stereocenters. The number of nitrogens with zero attached hydrogens (tertiary/aromatic N) is 2. The lowest BCUT2D eigenvalue weighted by molar-refractivity contribution is 0.0303. The fraction of sp³-hybridized carbons (Fsp3) is 0.273. The van der Waals surface area contributed by atoms with E-state index in [1.807, 2.05) is 54.4 Å². The molecule has 1 aromatic heterocycles. The Balaban J connectivity index is 1.50. The Morgan fingerprint density at radius 3 is 2.81 bits per heavy atom. The molecule has 5 heteroatoms. The molecule has 1 N–H and O–H groups in total. The van der Waals surface area contributed by atoms with E-state index in [1.54, 1.807) is 0 Å². The Morgan fingerprint density at radius 2 is 1.96 bits per heavy atom. The number of ether oxygens (including phenoxy) is 1. The monoisotopic (exact) mass is 361 g/mol. The fourth-order valence-electron chi connectivity index (χ4n) is 3.31. The van der Waals surface area contributed by atoms with Gasteiger partial charge in [-0.05, 0) is 42.3 Å². The van der Waals surface area contributed by atoms with Crippen molar-refractivity contribution in [2.75, 3.05) is 31.6 Å². The van der Waals surface area contributed by atoms with Gasteiger partial charge >= 0.3 is 0 Å². The lowest BCUT2D eigenvalue weighted by Crippen LogP contribution is -2.40. The summed E-state index contributed by atoms with van der Waals surface area (Å²) in [4.78, 5) is 19.1. The molecule has 5 nitrogen and oxygen atoms in total. The molecule has 0 radical (unpaired) electrons. The van der Waals surface area contributed by atoms with E-state index in [1.165, 1.54) is 0 Å². The molecule has 2 aromatic carbocycles. The average Bonchev–Trinajstić information content (AvgIpc) is 2.73. The van der Waals surface area contributed by atoms with Crippen LogP contribution in [0.15, 0.2) is 54.7 Å². The molecule has 2 heterocycles. The zero-order chi connectivity index (χ0) is 18.6. The Bertz CT molecular complexity index is 965. The summed E-state index contributed by atoms with van der Waals surface area (Å²) >= 11 is 0. The standard InChI is InChI=1S/C22H23N3O2/c1-16-6-7-19(22(26)25-8-10-27-11-9-25)13-21(16)24-15-17-12-18-4-2-3-5-20(18)23-14-17/h2-7,12-14,24H,8-11,15H2,1H3. The summed E-state index contributed by atoms with van der Waals surface area (Å²) in [7, 11) is 0. The molecule has 4 rings (SSSR count). The van der Waals surface area contributed by atoms with Gasteiger partial charge in [0, 0.05) is 42.5 Å². The fourth-order valence-corrected chi connectivity index (χ4v) is 3.31. The maximum absolute atomic E-state index is 12.7. The van der Waals surface area contributed by atoms with Crippen molar-refractivity contribution in [1.29, 1.82) is 0 Å². The van der Waals surface area contributed by atoms with Crippen molar-refractivity contribution >= 4 is 22.5 Å². The number of anilines is 1. The number of carbonyl (C=O) groups excluding carboxylic acids is 1. The Labute approximate surface area is 159 Å². The van der Waals surface area contributed by atoms with Crippen LogP contribution in [0.3, 0.4) is 0 Å². The summed E-state index contributed by atoms with van der Waals surface area (Å²) in [6.07, 6.45) is 1.90. The number of fused-ring (bicyclic) bond motifs is 1. The molecule has 1 amide bonds. The summed E-state index contributed by atoms with van der Waals surface area (Å²) in [5, 5.41) is 4.59. The minimum absolute atomic E-state index is 0.0636. The third kappa shape index (κ3) is 3.93. The Kier molecular flexibility index (Phi) is 5.03. The number of carbonyl (C=O) groups is 1. The van der Waals surface area contributed by atoms with Crippen molar-refractivity contribution in [2.24, 2.45) is 0 Å². The van der Waals surface area contributed by atoms with Crippen LogP contribution in [0.5, 0.6) is 0 Å². The van der Waals surface area contributed by atoms with E-state index >= 15 is 0 Å². The van der Waals surface area contributed by atoms with Gasteiger partial charge in [-0.25, -0.2) is 0 Å². The lowest BCUT2D eigenvalue weighted by atomic mass is 10.1. The molecule has 0 unspecified atom stereocenters. The second-order valence-corrected chi connectivity index (χ2v) is 6.82. The van der Waals surface area contributed by atoms with Gasteiger partial charge in [0.15, 0.2) is 0 Å². The first-order valence-electron chi connectivity index (χ1n) is 9.26. The van der Waals surface area contributed by atoms with Crippen LogP contribution in [0.2, 0.25) is 0 Å². The number of hydrogen-bond acceptors (Lipinski definition) is 4. The van der Waals surface area contributed by atoms with Crippen LogP contribution in [0, 0.1) is 6.92 Å². The number of para-hydroxylation sites is 1. The minimum Gasteiger partial charge on any atom is -0.381 e. The predicted octanol–water partition coefficient (Wildman–Crippen LogP) is 3.63. The maximum Gasteiger partial charge on any atom is 0.254 e. The van der Waals surface area contributed by atoms with Crippen LogP contribution in [0.1, 0.15) is 21.5 Å². The van der Waals surface area contributed by atoms with Gasteiger partial charge in [-0.2, -0.15) is 0 Å². The third-order valence-corrected chi connectivity index (χ3v) is 4.91. The van der Waals surface area contributed by atoms with Crippen molar-refractivity contribution in [2.45, 2.75) is 13.5 Å². The van der Waals surface area contributed by atoms with E-state index in [0.717, 1.165) is 27.7 Å². The minimum atomic E-state index is 0.0636. The van der Waals surface area contributed by atoms with Gasteiger partial charge < -0.3 is 15.0 Å². The van der Waals surface area contributed by atoms with E-state index in [9.17, 15) is 4.79 Å². The van der Waals surface area contributed by atoms with Crippen molar-refractivity contribution in [3.8, 4) is 0 Å². The molecule has 0 spiro atoms. The summed E-state index contributed by atoms with van der Waals surface area (Å²) in [6, 6.07) is 16.1. The average molecular weight is 361 g/mol. The van der Waals surface area contributed by atoms with E-state index in [2.05, 4.69) is 22.4 Å². The molecule has 0 bridgehead atoms. The van der Waals surface area contributed by atoms with Crippen LogP contribution in [-0.4, -0.2) is 42.1 Å². The number of aryl methyl sites for hydroxylation is 1. The first-order valence-corrected chi connectivity index (χ1v) is 9.26. The van der Waals surface area contributed by atoms with E-state index in [-0.39, 0.29) is 5.91 Å². The molecule has 3 aromatic rings. The molecule has 0 aliphatic carbocycles. The summed E-state index contributed by atoms with van der Waals surface area (Å²) in [5.74, 6) is 0.0636. The number of amides is 1. The molecule has 27 heavy (non-hydrogen) atoms. The second kappa shape index (κ2) is 7.76. The smallest absolute Gasteiger partial charge is 0.254 e. The van der Waals surface area contributed by atoms with Crippen molar-refractivity contribution in [3.63, 3.8) is 0 Å². The first kappa shape index (κ1) is 17.5. The SMILES string of the molecule is Cc1ccc(C(=O)N2CCOCC2)cc1NCc1cnc2ccccc2c1. The Hall–Kier alpha value is -2.92. The Morgan fingerprint density at radius 1 is 1.15 bits per heavy atom. The molecule has 1 saturated heterocycles. The van der Waals surface area contributed by atoms with Crippen LogP contribution >= 0.6 is 0 Å². The summed E-state index contributed by atoms with van der Waals surface area (Å²) in [6.45, 7) is 5.23. The number of hydrogen-bond donors (Lipinski definition) is 1. The van der Waals surface area contributed by atoms with E-state index in [0.29, 0.717) is 38.4 Å². The predicted molar refractivity (Wildman–Crippen MR) is 107 cm³/mol. The third-order valence-electron chi connectivity index (χ3n) is 4.91. The second-order valence-electron chi connectivity index (χ2n) is 6.82. The van der Waals surface area contributed by atoms with Crippen molar-refractivity contribution in [3.05, 3.63) is 71.4 Å². The highest BCUT2D eigenvalue weighted by atomic mass is 16.5. The zero-order valence-electron chi connectivity index (χ0n) is 15.4.